The van der Waals surface area contributed by atoms with Crippen molar-refractivity contribution in [2.45, 2.75) is 58.8 Å². The van der Waals surface area contributed by atoms with Gasteiger partial charge >= 0.3 is 0 Å². The Hall–Kier alpha value is -2.22. The zero-order valence-corrected chi connectivity index (χ0v) is 16.8. The Morgan fingerprint density at radius 2 is 1.63 bits per heavy atom. The van der Waals surface area contributed by atoms with Gasteiger partial charge in [-0.05, 0) is 54.7 Å². The molecule has 0 bridgehead atoms. The maximum absolute atomic E-state index is 4.71. The van der Waals surface area contributed by atoms with E-state index >= 15 is 0 Å². The van der Waals surface area contributed by atoms with E-state index < -0.39 is 0 Å². The molecule has 1 fully saturated rings. The molecule has 0 spiro atoms. The van der Waals surface area contributed by atoms with Gasteiger partial charge in [0.2, 0.25) is 0 Å². The molecule has 0 heterocycles. The summed E-state index contributed by atoms with van der Waals surface area (Å²) >= 11 is 0. The molecule has 1 aliphatic rings. The lowest BCUT2D eigenvalue weighted by molar-refractivity contribution is 0.304. The Bertz CT molecular complexity index is 736. The van der Waals surface area contributed by atoms with Crippen LogP contribution in [-0.4, -0.2) is 11.9 Å². The van der Waals surface area contributed by atoms with Gasteiger partial charge in [0.1, 0.15) is 0 Å². The smallest absolute Gasteiger partial charge is 0.0733 e. The standard InChI is InChI=1S/C25H32N2/c1-3-8-21-15-17-24(18-16-21)25(23-9-6-5-7-10-23)27-26-19-22-13-11-20(4-2)12-14-22/h5-7,9-14,19,21,24H,3-4,8,15-18H2,1-2H3. The highest BCUT2D eigenvalue weighted by molar-refractivity contribution is 6.02. The highest BCUT2D eigenvalue weighted by Gasteiger charge is 2.25. The van der Waals surface area contributed by atoms with E-state index in [-0.39, 0.29) is 0 Å². The van der Waals surface area contributed by atoms with Crippen LogP contribution in [0, 0.1) is 11.8 Å². The molecule has 0 amide bonds. The molecule has 0 atom stereocenters. The second-order valence-electron chi connectivity index (χ2n) is 7.70. The van der Waals surface area contributed by atoms with Crippen molar-refractivity contribution in [2.75, 3.05) is 0 Å². The fourth-order valence-corrected chi connectivity index (χ4v) is 4.11. The Morgan fingerprint density at radius 3 is 2.26 bits per heavy atom. The van der Waals surface area contributed by atoms with Gasteiger partial charge in [0, 0.05) is 5.92 Å². The summed E-state index contributed by atoms with van der Waals surface area (Å²) in [7, 11) is 0. The fourth-order valence-electron chi connectivity index (χ4n) is 4.11. The first-order valence-corrected chi connectivity index (χ1v) is 10.6. The molecule has 3 rings (SSSR count). The van der Waals surface area contributed by atoms with Crippen molar-refractivity contribution in [3.8, 4) is 0 Å². The van der Waals surface area contributed by atoms with Gasteiger partial charge < -0.3 is 0 Å². The summed E-state index contributed by atoms with van der Waals surface area (Å²) in [5.74, 6) is 1.43. The first-order valence-electron chi connectivity index (χ1n) is 10.6. The summed E-state index contributed by atoms with van der Waals surface area (Å²) in [4.78, 5) is 0. The molecule has 1 saturated carbocycles. The minimum absolute atomic E-state index is 0.528. The summed E-state index contributed by atoms with van der Waals surface area (Å²) in [5.41, 5.74) is 4.83. The van der Waals surface area contributed by atoms with Crippen LogP contribution in [0.4, 0.5) is 0 Å². The number of aryl methyl sites for hydroxylation is 1. The van der Waals surface area contributed by atoms with Crippen molar-refractivity contribution < 1.29 is 0 Å². The van der Waals surface area contributed by atoms with Gasteiger partial charge in [-0.25, -0.2) is 0 Å². The van der Waals surface area contributed by atoms with Crippen molar-refractivity contribution in [3.05, 3.63) is 71.3 Å². The number of rotatable bonds is 7. The van der Waals surface area contributed by atoms with Crippen LogP contribution in [0.3, 0.4) is 0 Å². The molecule has 2 aromatic rings. The Balaban J connectivity index is 1.75. The van der Waals surface area contributed by atoms with E-state index in [9.17, 15) is 0 Å². The van der Waals surface area contributed by atoms with Gasteiger partial charge in [-0.2, -0.15) is 10.2 Å². The normalized spacial score (nSPS) is 20.9. The van der Waals surface area contributed by atoms with Gasteiger partial charge in [-0.3, -0.25) is 0 Å². The molecule has 27 heavy (non-hydrogen) atoms. The van der Waals surface area contributed by atoms with Gasteiger partial charge in [-0.15, -0.1) is 0 Å². The molecule has 2 aromatic carbocycles. The van der Waals surface area contributed by atoms with Gasteiger partial charge in [0.05, 0.1) is 11.9 Å². The lowest BCUT2D eigenvalue weighted by Gasteiger charge is -2.29. The summed E-state index contributed by atoms with van der Waals surface area (Å²) in [6.45, 7) is 4.47. The zero-order chi connectivity index (χ0) is 18.9. The first-order chi connectivity index (χ1) is 13.3. The third kappa shape index (κ3) is 5.63. The average Bonchev–Trinajstić information content (AvgIpc) is 2.73. The molecule has 2 nitrogen and oxygen atoms in total. The number of nitrogens with zero attached hydrogens (tertiary/aromatic N) is 2. The minimum Gasteiger partial charge on any atom is -0.158 e. The highest BCUT2D eigenvalue weighted by Crippen LogP contribution is 2.33. The number of hydrogen-bond acceptors (Lipinski definition) is 2. The molecular formula is C25H32N2. The molecule has 0 aliphatic heterocycles. The maximum atomic E-state index is 4.71. The second-order valence-corrected chi connectivity index (χ2v) is 7.70. The molecule has 0 aromatic heterocycles. The predicted molar refractivity (Wildman–Crippen MR) is 117 cm³/mol. The van der Waals surface area contributed by atoms with E-state index in [1.165, 1.54) is 49.7 Å². The highest BCUT2D eigenvalue weighted by atomic mass is 15.2. The largest absolute Gasteiger partial charge is 0.158 e. The third-order valence-electron chi connectivity index (χ3n) is 5.76. The van der Waals surface area contributed by atoms with E-state index in [0.717, 1.165) is 23.6 Å². The van der Waals surface area contributed by atoms with E-state index in [1.54, 1.807) is 0 Å². The van der Waals surface area contributed by atoms with Crippen molar-refractivity contribution >= 4 is 11.9 Å². The topological polar surface area (TPSA) is 24.7 Å². The quantitative estimate of drug-likeness (QED) is 0.389. The van der Waals surface area contributed by atoms with Crippen LogP contribution in [0.15, 0.2) is 64.8 Å². The summed E-state index contributed by atoms with van der Waals surface area (Å²) in [6.07, 6.45) is 10.7. The summed E-state index contributed by atoms with van der Waals surface area (Å²) < 4.78 is 0. The number of hydrogen-bond donors (Lipinski definition) is 0. The van der Waals surface area contributed by atoms with E-state index in [1.807, 2.05) is 6.21 Å². The molecule has 0 unspecified atom stereocenters. The zero-order valence-electron chi connectivity index (χ0n) is 16.8. The van der Waals surface area contributed by atoms with Crippen LogP contribution in [0.1, 0.15) is 69.1 Å². The molecule has 0 N–H and O–H groups in total. The lowest BCUT2D eigenvalue weighted by atomic mass is 9.77. The lowest BCUT2D eigenvalue weighted by Crippen LogP contribution is -2.22. The third-order valence-corrected chi connectivity index (χ3v) is 5.76. The van der Waals surface area contributed by atoms with E-state index in [4.69, 9.17) is 5.10 Å². The average molecular weight is 361 g/mol. The maximum Gasteiger partial charge on any atom is 0.0733 e. The molecular weight excluding hydrogens is 328 g/mol. The fraction of sp³-hybridized carbons (Fsp3) is 0.440. The van der Waals surface area contributed by atoms with Gasteiger partial charge in [0.25, 0.3) is 0 Å². The SMILES string of the molecule is CCCC1CCC(C(=NN=Cc2ccc(CC)cc2)c2ccccc2)CC1. The summed E-state index contributed by atoms with van der Waals surface area (Å²) in [5, 5.41) is 9.18. The minimum atomic E-state index is 0.528. The molecule has 1 aliphatic carbocycles. The molecule has 0 saturated heterocycles. The number of benzene rings is 2. The van der Waals surface area contributed by atoms with Crippen LogP contribution in [0.5, 0.6) is 0 Å². The molecule has 142 valence electrons. The molecule has 0 radical (unpaired) electrons. The van der Waals surface area contributed by atoms with Crippen LogP contribution < -0.4 is 0 Å². The van der Waals surface area contributed by atoms with Gasteiger partial charge in [-0.1, -0.05) is 81.3 Å². The van der Waals surface area contributed by atoms with Crippen molar-refractivity contribution in [2.24, 2.45) is 22.0 Å². The van der Waals surface area contributed by atoms with E-state index in [2.05, 4.69) is 73.5 Å². The van der Waals surface area contributed by atoms with Crippen molar-refractivity contribution in [1.82, 2.24) is 0 Å². The first kappa shape index (κ1) is 19.5. The van der Waals surface area contributed by atoms with Crippen LogP contribution >= 0.6 is 0 Å². The Kier molecular flexibility index (Phi) is 7.38. The van der Waals surface area contributed by atoms with Crippen molar-refractivity contribution in [3.63, 3.8) is 0 Å². The van der Waals surface area contributed by atoms with Crippen molar-refractivity contribution in [1.29, 1.82) is 0 Å². The van der Waals surface area contributed by atoms with Gasteiger partial charge in [0.15, 0.2) is 0 Å². The predicted octanol–water partition coefficient (Wildman–Crippen LogP) is 6.68. The van der Waals surface area contributed by atoms with Crippen LogP contribution in [0.2, 0.25) is 0 Å². The van der Waals surface area contributed by atoms with E-state index in [0.29, 0.717) is 5.92 Å². The van der Waals surface area contributed by atoms with Crippen LogP contribution in [-0.2, 0) is 6.42 Å². The Morgan fingerprint density at radius 1 is 0.926 bits per heavy atom. The summed E-state index contributed by atoms with van der Waals surface area (Å²) in [6, 6.07) is 19.2. The van der Waals surface area contributed by atoms with Crippen LogP contribution in [0.25, 0.3) is 0 Å². The Labute approximate surface area is 164 Å². The monoisotopic (exact) mass is 360 g/mol. The second kappa shape index (κ2) is 10.2. The molecule has 2 heteroatoms.